The molecule has 4 aromatic rings. The molecule has 2 heterocycles. The largest absolute Gasteiger partial charge is 0.457 e. The van der Waals surface area contributed by atoms with E-state index in [1.54, 1.807) is 22.9 Å². The standard InChI is InChI=1S/C22H21N5O2/c1-14-21(15(2)27(3)26-14)19-13-20(25-24-19)22(28)23-16-9-11-18(12-10-16)29-17-7-5-4-6-8-17/h4-13H,1-3H3,(H,23,28)(H,24,25). The first-order chi connectivity index (χ1) is 14.0. The van der Waals surface area contributed by atoms with Crippen LogP contribution in [-0.4, -0.2) is 25.9 Å². The van der Waals surface area contributed by atoms with Gasteiger partial charge < -0.3 is 10.1 Å². The van der Waals surface area contributed by atoms with Crippen molar-refractivity contribution in [2.24, 2.45) is 7.05 Å². The normalized spacial score (nSPS) is 10.7. The van der Waals surface area contributed by atoms with Crippen LogP contribution in [0.1, 0.15) is 21.9 Å². The maximum Gasteiger partial charge on any atom is 0.273 e. The zero-order valence-electron chi connectivity index (χ0n) is 16.4. The number of aryl methyl sites for hydroxylation is 2. The molecule has 7 nitrogen and oxygen atoms in total. The predicted octanol–water partition coefficient (Wildman–Crippen LogP) is 4.47. The summed E-state index contributed by atoms with van der Waals surface area (Å²) in [7, 11) is 1.89. The summed E-state index contributed by atoms with van der Waals surface area (Å²) >= 11 is 0. The van der Waals surface area contributed by atoms with Gasteiger partial charge in [-0.05, 0) is 56.3 Å². The summed E-state index contributed by atoms with van der Waals surface area (Å²) in [6.45, 7) is 3.90. The molecule has 0 bridgehead atoms. The fourth-order valence-electron chi connectivity index (χ4n) is 3.14. The fourth-order valence-corrected chi connectivity index (χ4v) is 3.14. The number of hydrogen-bond donors (Lipinski definition) is 2. The molecule has 2 aromatic heterocycles. The quantitative estimate of drug-likeness (QED) is 0.529. The average molecular weight is 387 g/mol. The molecular formula is C22H21N5O2. The molecule has 0 aliphatic heterocycles. The number of para-hydroxylation sites is 1. The molecule has 0 aliphatic rings. The number of aromatic amines is 1. The van der Waals surface area contributed by atoms with E-state index in [9.17, 15) is 4.79 Å². The zero-order chi connectivity index (χ0) is 20.4. The van der Waals surface area contributed by atoms with E-state index in [4.69, 9.17) is 4.74 Å². The third-order valence-corrected chi connectivity index (χ3v) is 4.68. The van der Waals surface area contributed by atoms with Gasteiger partial charge in [-0.1, -0.05) is 18.2 Å². The Morgan fingerprint density at radius 1 is 1.03 bits per heavy atom. The Labute approximate surface area is 168 Å². The Bertz CT molecular complexity index is 1140. The van der Waals surface area contributed by atoms with Crippen molar-refractivity contribution in [1.29, 1.82) is 0 Å². The lowest BCUT2D eigenvalue weighted by Crippen LogP contribution is -2.12. The molecule has 2 aromatic carbocycles. The minimum atomic E-state index is -0.264. The van der Waals surface area contributed by atoms with Crippen molar-refractivity contribution < 1.29 is 9.53 Å². The first kappa shape index (κ1) is 18.5. The van der Waals surface area contributed by atoms with Crippen LogP contribution in [0.3, 0.4) is 0 Å². The summed E-state index contributed by atoms with van der Waals surface area (Å²) in [5, 5.41) is 14.4. The van der Waals surface area contributed by atoms with Gasteiger partial charge >= 0.3 is 0 Å². The number of H-pyrrole nitrogens is 1. The smallest absolute Gasteiger partial charge is 0.273 e. The van der Waals surface area contributed by atoms with Gasteiger partial charge in [-0.3, -0.25) is 14.6 Å². The summed E-state index contributed by atoms with van der Waals surface area (Å²) in [5.41, 5.74) is 4.55. The Kier molecular flexibility index (Phi) is 4.87. The molecular weight excluding hydrogens is 366 g/mol. The summed E-state index contributed by atoms with van der Waals surface area (Å²) in [5.74, 6) is 1.19. The van der Waals surface area contributed by atoms with Crippen LogP contribution < -0.4 is 10.1 Å². The van der Waals surface area contributed by atoms with Crippen LogP contribution in [-0.2, 0) is 7.05 Å². The molecule has 7 heteroatoms. The third kappa shape index (κ3) is 3.89. The van der Waals surface area contributed by atoms with E-state index in [0.29, 0.717) is 22.8 Å². The lowest BCUT2D eigenvalue weighted by molar-refractivity contribution is 0.102. The molecule has 0 saturated heterocycles. The number of amides is 1. The van der Waals surface area contributed by atoms with Gasteiger partial charge in [-0.25, -0.2) is 0 Å². The minimum Gasteiger partial charge on any atom is -0.457 e. The van der Waals surface area contributed by atoms with Crippen LogP contribution in [0, 0.1) is 13.8 Å². The number of carbonyl (C=O) groups excluding carboxylic acids is 1. The number of aromatic nitrogens is 4. The first-order valence-electron chi connectivity index (χ1n) is 9.21. The lowest BCUT2D eigenvalue weighted by atomic mass is 10.1. The molecule has 4 rings (SSSR count). The van der Waals surface area contributed by atoms with Crippen molar-refractivity contribution in [3.63, 3.8) is 0 Å². The molecule has 2 N–H and O–H groups in total. The predicted molar refractivity (Wildman–Crippen MR) is 111 cm³/mol. The molecule has 0 aliphatic carbocycles. The second-order valence-corrected chi connectivity index (χ2v) is 6.73. The Morgan fingerprint density at radius 3 is 2.38 bits per heavy atom. The highest BCUT2D eigenvalue weighted by molar-refractivity contribution is 6.03. The SMILES string of the molecule is Cc1nn(C)c(C)c1-c1cc(C(=O)Nc2ccc(Oc3ccccc3)cc2)[nH]n1. The zero-order valence-corrected chi connectivity index (χ0v) is 16.4. The Hall–Kier alpha value is -3.87. The van der Waals surface area contributed by atoms with Gasteiger partial charge in [0.2, 0.25) is 0 Å². The summed E-state index contributed by atoms with van der Waals surface area (Å²) in [6, 6.07) is 18.5. The molecule has 0 radical (unpaired) electrons. The van der Waals surface area contributed by atoms with E-state index in [1.165, 1.54) is 0 Å². The van der Waals surface area contributed by atoms with Crippen LogP contribution in [0.15, 0.2) is 60.7 Å². The third-order valence-electron chi connectivity index (χ3n) is 4.68. The first-order valence-corrected chi connectivity index (χ1v) is 9.21. The molecule has 0 saturated carbocycles. The summed E-state index contributed by atoms with van der Waals surface area (Å²) in [4.78, 5) is 12.6. The minimum absolute atomic E-state index is 0.264. The fraction of sp³-hybridized carbons (Fsp3) is 0.136. The number of nitrogens with zero attached hydrogens (tertiary/aromatic N) is 3. The van der Waals surface area contributed by atoms with Crippen LogP contribution in [0.2, 0.25) is 0 Å². The molecule has 29 heavy (non-hydrogen) atoms. The second kappa shape index (κ2) is 7.63. The molecule has 146 valence electrons. The van der Waals surface area contributed by atoms with Crippen molar-refractivity contribution in [1.82, 2.24) is 20.0 Å². The van der Waals surface area contributed by atoms with Crippen LogP contribution >= 0.6 is 0 Å². The second-order valence-electron chi connectivity index (χ2n) is 6.73. The molecule has 1 amide bonds. The number of carbonyl (C=O) groups is 1. The molecule has 0 atom stereocenters. The van der Waals surface area contributed by atoms with Gasteiger partial charge in [0, 0.05) is 24.0 Å². The van der Waals surface area contributed by atoms with Gasteiger partial charge in [-0.15, -0.1) is 0 Å². The van der Waals surface area contributed by atoms with Crippen molar-refractivity contribution in [2.45, 2.75) is 13.8 Å². The van der Waals surface area contributed by atoms with Gasteiger partial charge in [0.15, 0.2) is 0 Å². The molecule has 0 unspecified atom stereocenters. The highest BCUT2D eigenvalue weighted by Crippen LogP contribution is 2.26. The monoisotopic (exact) mass is 387 g/mol. The lowest BCUT2D eigenvalue weighted by Gasteiger charge is -2.07. The van der Waals surface area contributed by atoms with E-state index in [2.05, 4.69) is 20.6 Å². The van der Waals surface area contributed by atoms with E-state index in [0.717, 1.165) is 22.7 Å². The molecule has 0 fully saturated rings. The summed E-state index contributed by atoms with van der Waals surface area (Å²) in [6.07, 6.45) is 0. The topological polar surface area (TPSA) is 84.8 Å². The number of nitrogens with one attached hydrogen (secondary N) is 2. The number of rotatable bonds is 5. The Balaban J connectivity index is 1.45. The van der Waals surface area contributed by atoms with Crippen molar-refractivity contribution in [2.75, 3.05) is 5.32 Å². The van der Waals surface area contributed by atoms with E-state index in [-0.39, 0.29) is 5.91 Å². The number of hydrogen-bond acceptors (Lipinski definition) is 4. The highest BCUT2D eigenvalue weighted by atomic mass is 16.5. The van der Waals surface area contributed by atoms with Crippen LogP contribution in [0.5, 0.6) is 11.5 Å². The van der Waals surface area contributed by atoms with Crippen molar-refractivity contribution in [3.8, 4) is 22.8 Å². The maximum atomic E-state index is 12.6. The van der Waals surface area contributed by atoms with Gasteiger partial charge in [-0.2, -0.15) is 10.2 Å². The maximum absolute atomic E-state index is 12.6. The van der Waals surface area contributed by atoms with E-state index in [1.807, 2.05) is 63.4 Å². The van der Waals surface area contributed by atoms with Gasteiger partial charge in [0.05, 0.1) is 11.4 Å². The summed E-state index contributed by atoms with van der Waals surface area (Å²) < 4.78 is 7.57. The van der Waals surface area contributed by atoms with E-state index < -0.39 is 0 Å². The van der Waals surface area contributed by atoms with Crippen LogP contribution in [0.4, 0.5) is 5.69 Å². The highest BCUT2D eigenvalue weighted by Gasteiger charge is 2.17. The average Bonchev–Trinajstić information content (AvgIpc) is 3.29. The number of benzene rings is 2. The molecule has 0 spiro atoms. The Morgan fingerprint density at radius 2 is 1.72 bits per heavy atom. The van der Waals surface area contributed by atoms with Gasteiger partial charge in [0.25, 0.3) is 5.91 Å². The van der Waals surface area contributed by atoms with Crippen molar-refractivity contribution >= 4 is 11.6 Å². The number of anilines is 1. The van der Waals surface area contributed by atoms with Crippen LogP contribution in [0.25, 0.3) is 11.3 Å². The van der Waals surface area contributed by atoms with Crippen molar-refractivity contribution in [3.05, 3.63) is 77.7 Å². The number of ether oxygens (including phenoxy) is 1. The van der Waals surface area contributed by atoms with E-state index >= 15 is 0 Å². The van der Waals surface area contributed by atoms with Gasteiger partial charge in [0.1, 0.15) is 17.2 Å².